The van der Waals surface area contributed by atoms with Crippen LogP contribution in [0.4, 0.5) is 4.79 Å². The van der Waals surface area contributed by atoms with Gasteiger partial charge in [-0.05, 0) is 0 Å². The standard InChI is InChI=1S/CH2O3.3Ca.H2O4S.6H/c2-1(3)4;;;;1-5(2,3)4;;;;;;/h(H2,2,3,4);;;;(H2,1,2,3,4);;;;;;. The predicted octanol–water partition coefficient (Wildman–Crippen LogP) is -3.18. The molecular weight excluding hydrogens is 276 g/mol. The maximum absolute atomic E-state index is 8.74. The van der Waals surface area contributed by atoms with E-state index >= 15 is 0 Å². The van der Waals surface area contributed by atoms with Gasteiger partial charge >= 0.3 is 130 Å². The first-order chi connectivity index (χ1) is 3.73. The number of hydrogen-bond acceptors (Lipinski definition) is 3. The van der Waals surface area contributed by atoms with Gasteiger partial charge in [0.2, 0.25) is 0 Å². The van der Waals surface area contributed by atoms with E-state index in [4.69, 9.17) is 32.5 Å². The molecule has 0 aromatic heterocycles. The second-order valence-corrected chi connectivity index (χ2v) is 1.63. The third kappa shape index (κ3) is 215. The van der Waals surface area contributed by atoms with Crippen LogP contribution in [0.3, 0.4) is 0 Å². The minimum absolute atomic E-state index is 0. The van der Waals surface area contributed by atoms with E-state index in [-0.39, 0.29) is 113 Å². The Bertz CT molecular complexity index is 161. The Morgan fingerprint density at radius 1 is 0.917 bits per heavy atom. The van der Waals surface area contributed by atoms with Crippen LogP contribution in [0.2, 0.25) is 0 Å². The van der Waals surface area contributed by atoms with Crippen molar-refractivity contribution in [2.45, 2.75) is 0 Å². The van der Waals surface area contributed by atoms with Gasteiger partial charge in [0.05, 0.1) is 0 Å². The Labute approximate surface area is 158 Å². The zero-order chi connectivity index (χ0) is 8.08. The zero-order valence-corrected chi connectivity index (χ0v) is 4.74. The van der Waals surface area contributed by atoms with Crippen molar-refractivity contribution >= 4 is 130 Å². The summed E-state index contributed by atoms with van der Waals surface area (Å²) in [5.41, 5.74) is 0. The Balaban J connectivity index is -0.0000000221. The molecule has 11 heteroatoms. The molecule has 0 amide bonds. The van der Waals surface area contributed by atoms with Gasteiger partial charge in [-0.25, -0.2) is 4.79 Å². The van der Waals surface area contributed by atoms with Crippen LogP contribution in [0.15, 0.2) is 0 Å². The number of carboxylic acid groups (broad SMARTS) is 2. The molecule has 68 valence electrons. The van der Waals surface area contributed by atoms with Gasteiger partial charge in [0, 0.05) is 0 Å². The molecule has 0 aromatic carbocycles. The average Bonchev–Trinajstić information content (AvgIpc) is 1.19. The molecule has 0 unspecified atom stereocenters. The summed E-state index contributed by atoms with van der Waals surface area (Å²) in [5, 5.41) is 13.9. The SMILES string of the molecule is O=C(O)O.O=S(=O)(O)O.[CaH2].[CaH2].[CaH2]. The van der Waals surface area contributed by atoms with Crippen LogP contribution in [-0.2, 0) is 10.4 Å². The van der Waals surface area contributed by atoms with Crippen molar-refractivity contribution in [3.63, 3.8) is 0 Å². The van der Waals surface area contributed by atoms with Crippen LogP contribution >= 0.6 is 0 Å². The van der Waals surface area contributed by atoms with E-state index in [0.29, 0.717) is 0 Å². The second kappa shape index (κ2) is 16.4. The van der Waals surface area contributed by atoms with Crippen LogP contribution in [0, 0.1) is 0 Å². The summed E-state index contributed by atoms with van der Waals surface area (Å²) in [7, 11) is -4.67. The monoisotopic (exact) mass is 286 g/mol. The Morgan fingerprint density at radius 2 is 0.917 bits per heavy atom. The summed E-state index contributed by atoms with van der Waals surface area (Å²) in [6.07, 6.45) is -1.83. The Hall–Kier alpha value is 2.92. The van der Waals surface area contributed by atoms with Gasteiger partial charge < -0.3 is 10.2 Å². The normalized spacial score (nSPS) is 6.83. The molecule has 0 atom stereocenters. The summed E-state index contributed by atoms with van der Waals surface area (Å²) >= 11 is 0. The molecule has 0 heterocycles. The molecule has 0 fully saturated rings. The van der Waals surface area contributed by atoms with Crippen molar-refractivity contribution in [3.05, 3.63) is 0 Å². The molecule has 0 saturated heterocycles. The van der Waals surface area contributed by atoms with Crippen LogP contribution in [0.1, 0.15) is 0 Å². The Kier molecular flexibility index (Phi) is 40.0. The predicted molar refractivity (Wildman–Crippen MR) is 50.5 cm³/mol. The molecule has 7 nitrogen and oxygen atoms in total. The van der Waals surface area contributed by atoms with Crippen LogP contribution in [-0.4, -0.2) is 147 Å². The van der Waals surface area contributed by atoms with E-state index in [0.717, 1.165) is 0 Å². The summed E-state index contributed by atoms with van der Waals surface area (Å²) in [6, 6.07) is 0. The molecular formula is CH10Ca3O7S. The molecule has 4 N–H and O–H groups in total. The first-order valence-corrected chi connectivity index (χ1v) is 2.75. The molecule has 0 saturated carbocycles. The maximum atomic E-state index is 8.74. The number of carbonyl (C=O) groups is 1. The zero-order valence-electron chi connectivity index (χ0n) is 3.92. The van der Waals surface area contributed by atoms with E-state index < -0.39 is 16.6 Å². The summed E-state index contributed by atoms with van der Waals surface area (Å²) in [6.45, 7) is 0. The van der Waals surface area contributed by atoms with Gasteiger partial charge in [-0.3, -0.25) is 9.11 Å². The van der Waals surface area contributed by atoms with Gasteiger partial charge in [-0.2, -0.15) is 8.42 Å². The molecule has 0 aromatic rings. The summed E-state index contributed by atoms with van der Waals surface area (Å²) < 4.78 is 31.6. The van der Waals surface area contributed by atoms with E-state index in [1.807, 2.05) is 0 Å². The van der Waals surface area contributed by atoms with Crippen LogP contribution in [0.5, 0.6) is 0 Å². The van der Waals surface area contributed by atoms with Crippen molar-refractivity contribution in [3.8, 4) is 0 Å². The average molecular weight is 286 g/mol. The van der Waals surface area contributed by atoms with Crippen molar-refractivity contribution < 1.29 is 32.5 Å². The molecule has 0 radical (unpaired) electrons. The molecule has 0 rings (SSSR count). The van der Waals surface area contributed by atoms with Gasteiger partial charge in [0.25, 0.3) is 0 Å². The summed E-state index contributed by atoms with van der Waals surface area (Å²) in [4.78, 5) is 8.56. The van der Waals surface area contributed by atoms with E-state index in [2.05, 4.69) is 0 Å². The fourth-order valence-corrected chi connectivity index (χ4v) is 0. The third-order valence-electron chi connectivity index (χ3n) is 0. The van der Waals surface area contributed by atoms with Gasteiger partial charge in [-0.15, -0.1) is 0 Å². The molecule has 12 heavy (non-hydrogen) atoms. The van der Waals surface area contributed by atoms with Crippen LogP contribution < -0.4 is 0 Å². The first kappa shape index (κ1) is 29.4. The number of hydrogen-bond donors (Lipinski definition) is 4. The first-order valence-electron chi connectivity index (χ1n) is 1.35. The van der Waals surface area contributed by atoms with E-state index in [1.165, 1.54) is 0 Å². The minimum atomic E-state index is -4.67. The van der Waals surface area contributed by atoms with Crippen molar-refractivity contribution in [1.82, 2.24) is 0 Å². The van der Waals surface area contributed by atoms with Gasteiger partial charge in [0.15, 0.2) is 0 Å². The quantitative estimate of drug-likeness (QED) is 0.273. The van der Waals surface area contributed by atoms with Crippen molar-refractivity contribution in [2.24, 2.45) is 0 Å². The van der Waals surface area contributed by atoms with Crippen molar-refractivity contribution in [2.75, 3.05) is 0 Å². The van der Waals surface area contributed by atoms with Gasteiger partial charge in [0.1, 0.15) is 0 Å². The van der Waals surface area contributed by atoms with Gasteiger partial charge in [-0.1, -0.05) is 0 Å². The van der Waals surface area contributed by atoms with E-state index in [9.17, 15) is 0 Å². The van der Waals surface area contributed by atoms with Crippen LogP contribution in [0.25, 0.3) is 0 Å². The summed E-state index contributed by atoms with van der Waals surface area (Å²) in [5.74, 6) is 0. The fraction of sp³-hybridized carbons (Fsp3) is 0. The second-order valence-electron chi connectivity index (χ2n) is 0.730. The third-order valence-corrected chi connectivity index (χ3v) is 0. The topological polar surface area (TPSA) is 132 Å². The molecule has 0 spiro atoms. The molecule has 0 aliphatic rings. The molecule has 0 aliphatic carbocycles. The Morgan fingerprint density at radius 3 is 0.917 bits per heavy atom. The van der Waals surface area contributed by atoms with Crippen molar-refractivity contribution in [1.29, 1.82) is 0 Å². The molecule has 0 aliphatic heterocycles. The van der Waals surface area contributed by atoms with E-state index in [1.54, 1.807) is 0 Å². The number of rotatable bonds is 0. The molecule has 0 bridgehead atoms. The fourth-order valence-electron chi connectivity index (χ4n) is 0.